The zero-order chi connectivity index (χ0) is 31.2. The Morgan fingerprint density at radius 1 is 1.23 bits per heavy atom. The highest BCUT2D eigenvalue weighted by Crippen LogP contribution is 2.45. The van der Waals surface area contributed by atoms with Crippen LogP contribution in [0.3, 0.4) is 0 Å². The van der Waals surface area contributed by atoms with Crippen LogP contribution >= 0.6 is 11.6 Å². The van der Waals surface area contributed by atoms with E-state index in [1.54, 1.807) is 6.07 Å². The maximum Gasteiger partial charge on any atom is 0.319 e. The van der Waals surface area contributed by atoms with Crippen molar-refractivity contribution in [3.63, 3.8) is 0 Å². The van der Waals surface area contributed by atoms with Gasteiger partial charge >= 0.3 is 6.01 Å². The Morgan fingerprint density at radius 3 is 2.80 bits per heavy atom. The van der Waals surface area contributed by atoms with E-state index in [1.807, 2.05) is 18.7 Å². The minimum atomic E-state index is -0.693. The first kappa shape index (κ1) is 30.5. The van der Waals surface area contributed by atoms with Crippen LogP contribution in [0.5, 0.6) is 11.9 Å². The highest BCUT2D eigenvalue weighted by molar-refractivity contribution is 6.32. The number of anilines is 2. The number of pyridine rings is 1. The van der Waals surface area contributed by atoms with Crippen LogP contribution in [0.4, 0.5) is 15.9 Å². The first-order chi connectivity index (χ1) is 21.2. The van der Waals surface area contributed by atoms with Gasteiger partial charge in [0.1, 0.15) is 29.0 Å². The number of fused-ring (bicyclic) bond motifs is 2. The normalized spacial score (nSPS) is 20.8. The van der Waals surface area contributed by atoms with Crippen LogP contribution in [0, 0.1) is 11.2 Å². The third-order valence-corrected chi connectivity index (χ3v) is 9.29. The SMILES string of the molecule is C=C1CN2CCCC2(COc2nc(N3CCCOCC3)c3c(OC)nc(-c4c(C=N)c(N)cc(Cl)c4C(C)C)c(F)c3n2)C1. The average Bonchev–Trinajstić information content (AvgIpc) is 3.37. The molecule has 3 N–H and O–H groups in total. The number of benzene rings is 1. The van der Waals surface area contributed by atoms with E-state index in [4.69, 9.17) is 41.9 Å². The summed E-state index contributed by atoms with van der Waals surface area (Å²) >= 11 is 6.67. The molecule has 0 saturated carbocycles. The van der Waals surface area contributed by atoms with Crippen LogP contribution in [-0.2, 0) is 4.74 Å². The molecule has 1 aromatic carbocycles. The first-order valence-corrected chi connectivity index (χ1v) is 15.5. The van der Waals surface area contributed by atoms with Crippen molar-refractivity contribution in [1.82, 2.24) is 19.9 Å². The number of nitrogen functional groups attached to an aromatic ring is 1. The number of methoxy groups -OCH3 is 1. The standard InChI is InChI=1S/C32H39ClFN7O3/c1-18(2)23-21(33)13-22(36)20(15-35)24(23)27-26(34)28-25(30(37-27)42-4)29(40-8-6-11-43-12-10-40)39-31(38-28)44-17-32-7-5-9-41(32)16-19(3)14-32/h13,15,18,35H,3,5-12,14,16-17,36H2,1-2,4H3. The van der Waals surface area contributed by atoms with Gasteiger partial charge in [0, 0.05) is 54.3 Å². The molecule has 3 aromatic rings. The lowest BCUT2D eigenvalue weighted by Crippen LogP contribution is -2.43. The second kappa shape index (κ2) is 12.1. The molecule has 6 rings (SSSR count). The number of nitrogens with zero attached hydrogens (tertiary/aromatic N) is 5. The molecule has 0 radical (unpaired) electrons. The molecule has 10 nitrogen and oxygen atoms in total. The lowest BCUT2D eigenvalue weighted by Gasteiger charge is -2.31. The van der Waals surface area contributed by atoms with Crippen LogP contribution < -0.4 is 20.1 Å². The van der Waals surface area contributed by atoms with Crippen molar-refractivity contribution in [2.75, 3.05) is 63.7 Å². The average molecular weight is 624 g/mol. The van der Waals surface area contributed by atoms with E-state index in [0.717, 1.165) is 45.0 Å². The second-order valence-electron chi connectivity index (χ2n) is 12.2. The van der Waals surface area contributed by atoms with Crippen molar-refractivity contribution >= 4 is 40.2 Å². The van der Waals surface area contributed by atoms with Crippen molar-refractivity contribution in [3.05, 3.63) is 40.2 Å². The van der Waals surface area contributed by atoms with Crippen molar-refractivity contribution in [2.24, 2.45) is 0 Å². The summed E-state index contributed by atoms with van der Waals surface area (Å²) < 4.78 is 34.9. The number of hydrogen-bond acceptors (Lipinski definition) is 10. The number of nitrogens with one attached hydrogen (secondary N) is 1. The zero-order valence-corrected chi connectivity index (χ0v) is 26.3. The molecule has 3 aliphatic rings. The van der Waals surface area contributed by atoms with E-state index in [2.05, 4.69) is 21.4 Å². The third kappa shape index (κ3) is 5.24. The molecule has 2 aromatic heterocycles. The van der Waals surface area contributed by atoms with Crippen LogP contribution in [0.1, 0.15) is 56.6 Å². The molecule has 234 valence electrons. The number of aromatic nitrogens is 3. The molecule has 0 bridgehead atoms. The van der Waals surface area contributed by atoms with E-state index in [9.17, 15) is 0 Å². The fraction of sp³-hybridized carbons (Fsp3) is 0.500. The molecule has 1 unspecified atom stereocenters. The Bertz CT molecular complexity index is 1630. The topological polar surface area (TPSA) is 123 Å². The molecule has 44 heavy (non-hydrogen) atoms. The van der Waals surface area contributed by atoms with Gasteiger partial charge in [-0.15, -0.1) is 0 Å². The van der Waals surface area contributed by atoms with Gasteiger partial charge in [-0.3, -0.25) is 4.90 Å². The third-order valence-electron chi connectivity index (χ3n) is 8.98. The molecule has 3 aliphatic heterocycles. The molecular weight excluding hydrogens is 585 g/mol. The molecule has 3 saturated heterocycles. The quantitative estimate of drug-likeness (QED) is 0.188. The monoisotopic (exact) mass is 623 g/mol. The summed E-state index contributed by atoms with van der Waals surface area (Å²) in [6.45, 7) is 12.7. The largest absolute Gasteiger partial charge is 0.480 e. The molecule has 12 heteroatoms. The lowest BCUT2D eigenvalue weighted by molar-refractivity contribution is 0.108. The molecular formula is C32H39ClFN7O3. The van der Waals surface area contributed by atoms with E-state index >= 15 is 4.39 Å². The number of rotatable bonds is 8. The van der Waals surface area contributed by atoms with E-state index in [-0.39, 0.29) is 40.2 Å². The van der Waals surface area contributed by atoms with E-state index < -0.39 is 5.82 Å². The first-order valence-electron chi connectivity index (χ1n) is 15.1. The maximum absolute atomic E-state index is 17.0. The Labute approximate surface area is 261 Å². The summed E-state index contributed by atoms with van der Waals surface area (Å²) in [5.74, 6) is -0.183. The van der Waals surface area contributed by atoms with Crippen molar-refractivity contribution in [2.45, 2.75) is 51.0 Å². The molecule has 0 aliphatic carbocycles. The van der Waals surface area contributed by atoms with Gasteiger partial charge in [0.15, 0.2) is 5.82 Å². The highest BCUT2D eigenvalue weighted by atomic mass is 35.5. The van der Waals surface area contributed by atoms with E-state index in [1.165, 1.54) is 12.7 Å². The fourth-order valence-corrected chi connectivity index (χ4v) is 7.42. The maximum atomic E-state index is 17.0. The van der Waals surface area contributed by atoms with Crippen molar-refractivity contribution < 1.29 is 18.6 Å². The van der Waals surface area contributed by atoms with Gasteiger partial charge in [-0.05, 0) is 49.8 Å². The van der Waals surface area contributed by atoms with Crippen LogP contribution in [-0.4, -0.2) is 84.7 Å². The predicted octanol–water partition coefficient (Wildman–Crippen LogP) is 5.60. The van der Waals surface area contributed by atoms with Gasteiger partial charge in [0.05, 0.1) is 19.3 Å². The molecule has 5 heterocycles. The lowest BCUT2D eigenvalue weighted by atomic mass is 9.89. The van der Waals surface area contributed by atoms with Gasteiger partial charge in [0.2, 0.25) is 5.88 Å². The molecule has 3 fully saturated rings. The van der Waals surface area contributed by atoms with Crippen LogP contribution in [0.2, 0.25) is 5.02 Å². The number of nitrogens with two attached hydrogens (primary N) is 1. The summed E-state index contributed by atoms with van der Waals surface area (Å²) in [5, 5.41) is 8.85. The van der Waals surface area contributed by atoms with Crippen LogP contribution in [0.15, 0.2) is 18.2 Å². The summed E-state index contributed by atoms with van der Waals surface area (Å²) in [6, 6.07) is 1.67. The van der Waals surface area contributed by atoms with Gasteiger partial charge in [-0.1, -0.05) is 37.6 Å². The molecule has 1 atom stereocenters. The fourth-order valence-electron chi connectivity index (χ4n) is 6.99. The molecule has 0 amide bonds. The Hall–Kier alpha value is -3.54. The Kier molecular flexibility index (Phi) is 8.38. The summed E-state index contributed by atoms with van der Waals surface area (Å²) in [6.07, 6.45) is 4.82. The van der Waals surface area contributed by atoms with Crippen molar-refractivity contribution in [1.29, 1.82) is 5.41 Å². The summed E-state index contributed by atoms with van der Waals surface area (Å²) in [5.41, 5.74) is 8.83. The Morgan fingerprint density at radius 2 is 2.05 bits per heavy atom. The van der Waals surface area contributed by atoms with Crippen molar-refractivity contribution in [3.8, 4) is 23.1 Å². The number of hydrogen-bond donors (Lipinski definition) is 2. The minimum absolute atomic E-state index is 0.0119. The predicted molar refractivity (Wildman–Crippen MR) is 171 cm³/mol. The van der Waals surface area contributed by atoms with Gasteiger partial charge < -0.3 is 30.3 Å². The van der Waals surface area contributed by atoms with Crippen LogP contribution in [0.25, 0.3) is 22.2 Å². The molecule has 0 spiro atoms. The Balaban J connectivity index is 1.57. The summed E-state index contributed by atoms with van der Waals surface area (Å²) in [4.78, 5) is 18.7. The highest BCUT2D eigenvalue weighted by Gasteiger charge is 2.46. The second-order valence-corrected chi connectivity index (χ2v) is 12.6. The number of halogens is 2. The number of ether oxygens (including phenoxy) is 3. The zero-order valence-electron chi connectivity index (χ0n) is 25.5. The summed E-state index contributed by atoms with van der Waals surface area (Å²) in [7, 11) is 1.48. The smallest absolute Gasteiger partial charge is 0.319 e. The van der Waals surface area contributed by atoms with Gasteiger partial charge in [-0.2, -0.15) is 9.97 Å². The van der Waals surface area contributed by atoms with Gasteiger partial charge in [0.25, 0.3) is 0 Å². The van der Waals surface area contributed by atoms with Gasteiger partial charge in [-0.25, -0.2) is 9.37 Å². The minimum Gasteiger partial charge on any atom is -0.480 e. The van der Waals surface area contributed by atoms with E-state index in [0.29, 0.717) is 65.8 Å².